The second-order valence-electron chi connectivity index (χ2n) is 5.06. The van der Waals surface area contributed by atoms with Crippen LogP contribution in [-0.4, -0.2) is 22.0 Å². The van der Waals surface area contributed by atoms with Crippen molar-refractivity contribution >= 4 is 28.6 Å². The van der Waals surface area contributed by atoms with Crippen LogP contribution in [0.4, 0.5) is 5.69 Å². The summed E-state index contributed by atoms with van der Waals surface area (Å²) in [5.41, 5.74) is 2.90. The van der Waals surface area contributed by atoms with E-state index >= 15 is 0 Å². The predicted octanol–water partition coefficient (Wildman–Crippen LogP) is 3.74. The minimum absolute atomic E-state index is 0.303. The summed E-state index contributed by atoms with van der Waals surface area (Å²) in [6.07, 6.45) is 1.86. The van der Waals surface area contributed by atoms with Crippen LogP contribution in [0, 0.1) is 6.92 Å². The summed E-state index contributed by atoms with van der Waals surface area (Å²) in [5, 5.41) is 3.16. The summed E-state index contributed by atoms with van der Waals surface area (Å²) in [4.78, 5) is 15.6. The van der Waals surface area contributed by atoms with Crippen molar-refractivity contribution < 1.29 is 0 Å². The Hall–Kier alpha value is -1.20. The number of hydrogen-bond acceptors (Lipinski definition) is 5. The maximum Gasteiger partial charge on any atom is 0.131 e. The Labute approximate surface area is 128 Å². The molecule has 0 spiro atoms. The summed E-state index contributed by atoms with van der Waals surface area (Å²) >= 11 is 7.69. The van der Waals surface area contributed by atoms with E-state index in [1.165, 1.54) is 0 Å². The molecule has 108 valence electrons. The minimum atomic E-state index is 0.303. The van der Waals surface area contributed by atoms with Crippen LogP contribution in [0.5, 0.6) is 0 Å². The number of halogens is 1. The van der Waals surface area contributed by atoms with Crippen LogP contribution >= 0.6 is 22.9 Å². The molecule has 0 saturated carbocycles. The van der Waals surface area contributed by atoms with Crippen LogP contribution in [-0.2, 0) is 12.4 Å². The van der Waals surface area contributed by atoms with Gasteiger partial charge in [-0.05, 0) is 6.92 Å². The molecule has 0 unspecified atom stereocenters. The lowest BCUT2D eigenvalue weighted by Crippen LogP contribution is -2.19. The summed E-state index contributed by atoms with van der Waals surface area (Å²) in [6, 6.07) is 0. The molecule has 20 heavy (non-hydrogen) atoms. The van der Waals surface area contributed by atoms with Crippen LogP contribution in [0.1, 0.15) is 42.0 Å². The van der Waals surface area contributed by atoms with E-state index in [0.29, 0.717) is 11.8 Å². The number of anilines is 1. The van der Waals surface area contributed by atoms with Crippen molar-refractivity contribution in [3.8, 4) is 0 Å². The number of rotatable bonds is 5. The maximum absolute atomic E-state index is 6.03. The highest BCUT2D eigenvalue weighted by atomic mass is 35.5. The van der Waals surface area contributed by atoms with E-state index < -0.39 is 0 Å². The van der Waals surface area contributed by atoms with Crippen molar-refractivity contribution in [3.63, 3.8) is 0 Å². The molecule has 2 rings (SSSR count). The van der Waals surface area contributed by atoms with E-state index in [-0.39, 0.29) is 0 Å². The molecule has 0 amide bonds. The molecule has 0 radical (unpaired) electrons. The van der Waals surface area contributed by atoms with Crippen LogP contribution in [0.3, 0.4) is 0 Å². The average Bonchev–Trinajstić information content (AvgIpc) is 2.83. The fraction of sp³-hybridized carbons (Fsp3) is 0.500. The zero-order valence-corrected chi connectivity index (χ0v) is 13.8. The van der Waals surface area contributed by atoms with Crippen molar-refractivity contribution in [3.05, 3.63) is 33.8 Å². The van der Waals surface area contributed by atoms with E-state index in [1.807, 2.05) is 20.2 Å². The lowest BCUT2D eigenvalue weighted by Gasteiger charge is -2.20. The molecule has 2 aromatic rings. The van der Waals surface area contributed by atoms with Gasteiger partial charge in [-0.15, -0.1) is 22.9 Å². The number of alkyl halides is 1. The first-order valence-corrected chi connectivity index (χ1v) is 7.96. The number of thiazole rings is 1. The van der Waals surface area contributed by atoms with Gasteiger partial charge in [0.1, 0.15) is 5.82 Å². The van der Waals surface area contributed by atoms with Gasteiger partial charge in [-0.3, -0.25) is 0 Å². The standard InChI is InChI=1S/C14H19ClN4S/c1-9(2)14-16-6-13(12(5-15)18-14)19(4)7-11-8-20-10(3)17-11/h6,8-9H,5,7H2,1-4H3. The molecule has 0 saturated heterocycles. The number of nitrogens with zero attached hydrogens (tertiary/aromatic N) is 4. The smallest absolute Gasteiger partial charge is 0.131 e. The first-order chi connectivity index (χ1) is 9.51. The van der Waals surface area contributed by atoms with Crippen molar-refractivity contribution in [2.24, 2.45) is 0 Å². The molecule has 0 atom stereocenters. The van der Waals surface area contributed by atoms with Crippen molar-refractivity contribution in [1.29, 1.82) is 0 Å². The molecule has 4 nitrogen and oxygen atoms in total. The predicted molar refractivity (Wildman–Crippen MR) is 84.6 cm³/mol. The SMILES string of the molecule is Cc1nc(CN(C)c2cnc(C(C)C)nc2CCl)cs1. The Kier molecular flexibility index (Phi) is 4.94. The zero-order chi connectivity index (χ0) is 14.7. The van der Waals surface area contributed by atoms with Gasteiger partial charge in [0.05, 0.1) is 40.7 Å². The third-order valence-corrected chi connectivity index (χ3v) is 4.06. The van der Waals surface area contributed by atoms with Crippen LogP contribution < -0.4 is 4.90 Å². The van der Waals surface area contributed by atoms with Gasteiger partial charge in [-0.25, -0.2) is 15.0 Å². The highest BCUT2D eigenvalue weighted by Crippen LogP contribution is 2.22. The Balaban J connectivity index is 2.22. The number of aromatic nitrogens is 3. The minimum Gasteiger partial charge on any atom is -0.366 e. The second-order valence-corrected chi connectivity index (χ2v) is 6.39. The molecule has 0 N–H and O–H groups in total. The highest BCUT2D eigenvalue weighted by Gasteiger charge is 2.13. The van der Waals surface area contributed by atoms with Crippen LogP contribution in [0.2, 0.25) is 0 Å². The summed E-state index contributed by atoms with van der Waals surface area (Å²) < 4.78 is 0. The molecule has 0 aromatic carbocycles. The number of aryl methyl sites for hydroxylation is 1. The van der Waals surface area contributed by atoms with Gasteiger partial charge in [0.25, 0.3) is 0 Å². The molecule has 2 heterocycles. The highest BCUT2D eigenvalue weighted by molar-refractivity contribution is 7.09. The van der Waals surface area contributed by atoms with Gasteiger partial charge in [0, 0.05) is 18.3 Å². The summed E-state index contributed by atoms with van der Waals surface area (Å²) in [6.45, 7) is 6.90. The van der Waals surface area contributed by atoms with E-state index in [1.54, 1.807) is 11.3 Å². The molecule has 0 aliphatic carbocycles. The van der Waals surface area contributed by atoms with Crippen molar-refractivity contribution in [1.82, 2.24) is 15.0 Å². The van der Waals surface area contributed by atoms with E-state index in [0.717, 1.165) is 34.5 Å². The molecule has 2 aromatic heterocycles. The monoisotopic (exact) mass is 310 g/mol. The topological polar surface area (TPSA) is 41.9 Å². The molecule has 0 aliphatic heterocycles. The fourth-order valence-corrected chi connectivity index (χ4v) is 2.73. The quantitative estimate of drug-likeness (QED) is 0.789. The Morgan fingerprint density at radius 1 is 1.35 bits per heavy atom. The van der Waals surface area contributed by atoms with Gasteiger partial charge in [-0.2, -0.15) is 0 Å². The third kappa shape index (κ3) is 3.46. The van der Waals surface area contributed by atoms with Gasteiger partial charge in [0.2, 0.25) is 0 Å². The molecular formula is C14H19ClN4S. The van der Waals surface area contributed by atoms with Gasteiger partial charge < -0.3 is 4.90 Å². The molecule has 0 bridgehead atoms. The van der Waals surface area contributed by atoms with E-state index in [2.05, 4.69) is 39.1 Å². The van der Waals surface area contributed by atoms with E-state index in [4.69, 9.17) is 11.6 Å². The fourth-order valence-electron chi connectivity index (χ4n) is 1.93. The first-order valence-electron chi connectivity index (χ1n) is 6.55. The Morgan fingerprint density at radius 3 is 2.65 bits per heavy atom. The lowest BCUT2D eigenvalue weighted by atomic mass is 10.2. The third-order valence-electron chi connectivity index (χ3n) is 2.98. The zero-order valence-electron chi connectivity index (χ0n) is 12.2. The van der Waals surface area contributed by atoms with E-state index in [9.17, 15) is 0 Å². The van der Waals surface area contributed by atoms with Gasteiger partial charge in [0.15, 0.2) is 0 Å². The first kappa shape index (κ1) is 15.2. The molecule has 0 aliphatic rings. The lowest BCUT2D eigenvalue weighted by molar-refractivity contribution is 0.757. The normalized spacial score (nSPS) is 11.1. The van der Waals surface area contributed by atoms with Crippen LogP contribution in [0.25, 0.3) is 0 Å². The largest absolute Gasteiger partial charge is 0.366 e. The van der Waals surface area contributed by atoms with Crippen molar-refractivity contribution in [2.75, 3.05) is 11.9 Å². The molecular weight excluding hydrogens is 292 g/mol. The van der Waals surface area contributed by atoms with Crippen LogP contribution in [0.15, 0.2) is 11.6 Å². The Bertz CT molecular complexity index is 582. The second kappa shape index (κ2) is 6.50. The van der Waals surface area contributed by atoms with Gasteiger partial charge in [-0.1, -0.05) is 13.8 Å². The van der Waals surface area contributed by atoms with Crippen molar-refractivity contribution in [2.45, 2.75) is 39.1 Å². The Morgan fingerprint density at radius 2 is 2.10 bits per heavy atom. The molecule has 6 heteroatoms. The average molecular weight is 311 g/mol. The summed E-state index contributed by atoms with van der Waals surface area (Å²) in [7, 11) is 2.01. The van der Waals surface area contributed by atoms with Gasteiger partial charge >= 0.3 is 0 Å². The molecule has 0 fully saturated rings. The number of hydrogen-bond donors (Lipinski definition) is 0. The summed E-state index contributed by atoms with van der Waals surface area (Å²) in [5.74, 6) is 1.53. The maximum atomic E-state index is 6.03.